The Bertz CT molecular complexity index is 1010. The van der Waals surface area contributed by atoms with Gasteiger partial charge in [-0.25, -0.2) is 9.78 Å². The van der Waals surface area contributed by atoms with Gasteiger partial charge in [0.05, 0.1) is 12.6 Å². The molecule has 152 valence electrons. The van der Waals surface area contributed by atoms with E-state index in [1.54, 1.807) is 12.3 Å². The van der Waals surface area contributed by atoms with E-state index in [9.17, 15) is 9.59 Å². The Hall–Kier alpha value is -2.71. The van der Waals surface area contributed by atoms with Crippen molar-refractivity contribution < 1.29 is 14.3 Å². The highest BCUT2D eigenvalue weighted by Gasteiger charge is 2.26. The Morgan fingerprint density at radius 1 is 1.38 bits per heavy atom. The Morgan fingerprint density at radius 2 is 2.24 bits per heavy atom. The number of carbonyl (C=O) groups is 2. The minimum absolute atomic E-state index is 0.216. The van der Waals surface area contributed by atoms with Crippen LogP contribution in [-0.4, -0.2) is 41.0 Å². The highest BCUT2D eigenvalue weighted by Crippen LogP contribution is 2.26. The zero-order valence-corrected chi connectivity index (χ0v) is 17.1. The third-order valence-corrected chi connectivity index (χ3v) is 6.05. The van der Waals surface area contributed by atoms with E-state index in [-0.39, 0.29) is 18.6 Å². The zero-order chi connectivity index (χ0) is 20.2. The first-order valence-electron chi connectivity index (χ1n) is 9.87. The molecule has 0 spiro atoms. The average molecular weight is 413 g/mol. The summed E-state index contributed by atoms with van der Waals surface area (Å²) >= 11 is 1.47. The van der Waals surface area contributed by atoms with Crippen LogP contribution in [0, 0.1) is 0 Å². The molecule has 0 aliphatic carbocycles. The number of para-hydroxylation sites is 1. The molecule has 0 saturated carbocycles. The summed E-state index contributed by atoms with van der Waals surface area (Å²) in [5.41, 5.74) is 2.28. The van der Waals surface area contributed by atoms with Crippen LogP contribution < -0.4 is 10.6 Å². The number of aromatic nitrogens is 2. The van der Waals surface area contributed by atoms with Gasteiger partial charge in [0.15, 0.2) is 0 Å². The topological polar surface area (TPSA) is 96.1 Å². The molecular formula is C21H24N4O3S. The summed E-state index contributed by atoms with van der Waals surface area (Å²) in [6, 6.07) is 7.31. The summed E-state index contributed by atoms with van der Waals surface area (Å²) in [4.78, 5) is 33.0. The summed E-state index contributed by atoms with van der Waals surface area (Å²) in [5.74, 6) is -0.803. The standard InChI is InChI=1S/C21H24N4O3S/c1-2-28-21(27)17(10-13-11-23-15-7-4-3-6-14(13)15)24-19(26)18-12-29-20(25-18)16-8-5-9-22-16/h3-4,6-7,11-12,16-17,22-23H,2,5,8-10H2,1H3,(H,24,26). The lowest BCUT2D eigenvalue weighted by Crippen LogP contribution is -2.43. The van der Waals surface area contributed by atoms with Crippen molar-refractivity contribution in [3.05, 3.63) is 52.1 Å². The fourth-order valence-corrected chi connectivity index (χ4v) is 4.54. The Labute approximate surface area is 172 Å². The molecule has 2 atom stereocenters. The summed E-state index contributed by atoms with van der Waals surface area (Å²) < 4.78 is 5.20. The average Bonchev–Trinajstić information content (AvgIpc) is 3.48. The van der Waals surface area contributed by atoms with Gasteiger partial charge in [-0.15, -0.1) is 11.3 Å². The summed E-state index contributed by atoms with van der Waals surface area (Å²) in [5, 5.41) is 9.90. The lowest BCUT2D eigenvalue weighted by molar-refractivity contribution is -0.145. The maximum absolute atomic E-state index is 12.8. The molecule has 1 amide bonds. The number of thiazole rings is 1. The van der Waals surface area contributed by atoms with E-state index in [1.807, 2.05) is 30.5 Å². The molecule has 3 aromatic rings. The normalized spacial score (nSPS) is 17.3. The van der Waals surface area contributed by atoms with Crippen molar-refractivity contribution in [1.82, 2.24) is 20.6 Å². The highest BCUT2D eigenvalue weighted by molar-refractivity contribution is 7.09. The molecule has 29 heavy (non-hydrogen) atoms. The minimum Gasteiger partial charge on any atom is -0.464 e. The monoisotopic (exact) mass is 412 g/mol. The van der Waals surface area contributed by atoms with E-state index in [2.05, 4.69) is 20.6 Å². The van der Waals surface area contributed by atoms with Crippen molar-refractivity contribution in [2.75, 3.05) is 13.2 Å². The van der Waals surface area contributed by atoms with Gasteiger partial charge in [-0.2, -0.15) is 0 Å². The SMILES string of the molecule is CCOC(=O)C(Cc1c[nH]c2ccccc12)NC(=O)c1csc(C2CCCN2)n1. The molecule has 3 N–H and O–H groups in total. The molecule has 3 heterocycles. The minimum atomic E-state index is -0.781. The molecular weight excluding hydrogens is 388 g/mol. The van der Waals surface area contributed by atoms with E-state index in [0.717, 1.165) is 40.9 Å². The van der Waals surface area contributed by atoms with Crippen molar-refractivity contribution >= 4 is 34.1 Å². The van der Waals surface area contributed by atoms with Crippen LogP contribution in [0.2, 0.25) is 0 Å². The Balaban J connectivity index is 1.51. The van der Waals surface area contributed by atoms with Gasteiger partial charge in [-0.05, 0) is 37.9 Å². The number of aromatic amines is 1. The van der Waals surface area contributed by atoms with Crippen LogP contribution >= 0.6 is 11.3 Å². The van der Waals surface area contributed by atoms with Crippen LogP contribution in [0.15, 0.2) is 35.8 Å². The number of rotatable bonds is 7. The number of hydrogen-bond donors (Lipinski definition) is 3. The molecule has 1 saturated heterocycles. The number of hydrogen-bond acceptors (Lipinski definition) is 6. The Morgan fingerprint density at radius 3 is 3.03 bits per heavy atom. The zero-order valence-electron chi connectivity index (χ0n) is 16.2. The number of carbonyl (C=O) groups excluding carboxylic acids is 2. The fraction of sp³-hybridized carbons (Fsp3) is 0.381. The molecule has 4 rings (SSSR count). The number of nitrogens with zero attached hydrogens (tertiary/aromatic N) is 1. The van der Waals surface area contributed by atoms with Gasteiger partial charge in [0.25, 0.3) is 5.91 Å². The molecule has 7 nitrogen and oxygen atoms in total. The molecule has 2 aromatic heterocycles. The van der Waals surface area contributed by atoms with Crippen LogP contribution in [-0.2, 0) is 16.0 Å². The lowest BCUT2D eigenvalue weighted by Gasteiger charge is -2.16. The number of ether oxygens (including phenoxy) is 1. The first kappa shape index (κ1) is 19.6. The maximum atomic E-state index is 12.8. The molecule has 1 aromatic carbocycles. The number of H-pyrrole nitrogens is 1. The van der Waals surface area contributed by atoms with E-state index < -0.39 is 12.0 Å². The second-order valence-corrected chi connectivity index (χ2v) is 7.95. The van der Waals surface area contributed by atoms with Crippen molar-refractivity contribution in [2.24, 2.45) is 0 Å². The number of fused-ring (bicyclic) bond motifs is 1. The largest absolute Gasteiger partial charge is 0.464 e. The molecule has 1 aliphatic rings. The quantitative estimate of drug-likeness (QED) is 0.519. The summed E-state index contributed by atoms with van der Waals surface area (Å²) in [6.45, 7) is 2.98. The van der Waals surface area contributed by atoms with Crippen molar-refractivity contribution in [2.45, 2.75) is 38.3 Å². The number of amides is 1. The summed E-state index contributed by atoms with van der Waals surface area (Å²) in [7, 11) is 0. The van der Waals surface area contributed by atoms with Gasteiger partial charge < -0.3 is 20.4 Å². The third-order valence-electron chi connectivity index (χ3n) is 5.09. The van der Waals surface area contributed by atoms with Crippen molar-refractivity contribution in [3.63, 3.8) is 0 Å². The van der Waals surface area contributed by atoms with Gasteiger partial charge in [0.2, 0.25) is 0 Å². The number of nitrogens with one attached hydrogen (secondary N) is 3. The number of esters is 1. The van der Waals surface area contributed by atoms with Gasteiger partial charge in [-0.3, -0.25) is 4.79 Å². The molecule has 0 radical (unpaired) electrons. The first-order chi connectivity index (χ1) is 14.2. The van der Waals surface area contributed by atoms with Crippen LogP contribution in [0.5, 0.6) is 0 Å². The molecule has 1 fully saturated rings. The van der Waals surface area contributed by atoms with E-state index in [1.165, 1.54) is 11.3 Å². The van der Waals surface area contributed by atoms with Gasteiger partial charge >= 0.3 is 5.97 Å². The third kappa shape index (κ3) is 4.33. The van der Waals surface area contributed by atoms with Gasteiger partial charge in [-0.1, -0.05) is 18.2 Å². The van der Waals surface area contributed by atoms with Gasteiger partial charge in [0.1, 0.15) is 16.7 Å². The summed E-state index contributed by atoms with van der Waals surface area (Å²) in [6.07, 6.45) is 4.35. The molecule has 2 unspecified atom stereocenters. The molecule has 8 heteroatoms. The predicted octanol–water partition coefficient (Wildman–Crippen LogP) is 2.95. The van der Waals surface area contributed by atoms with Crippen molar-refractivity contribution in [1.29, 1.82) is 0 Å². The number of benzene rings is 1. The van der Waals surface area contributed by atoms with Crippen molar-refractivity contribution in [3.8, 4) is 0 Å². The van der Waals surface area contributed by atoms with Gasteiger partial charge in [0, 0.05) is 28.9 Å². The smallest absolute Gasteiger partial charge is 0.328 e. The van der Waals surface area contributed by atoms with Crippen LogP contribution in [0.25, 0.3) is 10.9 Å². The second kappa shape index (κ2) is 8.75. The highest BCUT2D eigenvalue weighted by atomic mass is 32.1. The molecule has 1 aliphatic heterocycles. The predicted molar refractivity (Wildman–Crippen MR) is 112 cm³/mol. The van der Waals surface area contributed by atoms with E-state index in [4.69, 9.17) is 4.74 Å². The Kier molecular flexibility index (Phi) is 5.92. The van der Waals surface area contributed by atoms with Crippen LogP contribution in [0.3, 0.4) is 0 Å². The lowest BCUT2D eigenvalue weighted by atomic mass is 10.0. The second-order valence-electron chi connectivity index (χ2n) is 7.06. The maximum Gasteiger partial charge on any atom is 0.328 e. The first-order valence-corrected chi connectivity index (χ1v) is 10.7. The van der Waals surface area contributed by atoms with Crippen LogP contribution in [0.4, 0.5) is 0 Å². The molecule has 0 bridgehead atoms. The fourth-order valence-electron chi connectivity index (χ4n) is 3.64. The van der Waals surface area contributed by atoms with E-state index in [0.29, 0.717) is 12.1 Å². The van der Waals surface area contributed by atoms with Crippen LogP contribution in [0.1, 0.15) is 46.9 Å². The van der Waals surface area contributed by atoms with E-state index >= 15 is 0 Å².